The number of aromatic nitrogens is 2. The van der Waals surface area contributed by atoms with E-state index in [-0.39, 0.29) is 0 Å². The van der Waals surface area contributed by atoms with Gasteiger partial charge in [0.2, 0.25) is 10.0 Å². The van der Waals surface area contributed by atoms with Crippen LogP contribution in [-0.4, -0.2) is 31.6 Å². The fourth-order valence-electron chi connectivity index (χ4n) is 1.86. The van der Waals surface area contributed by atoms with Gasteiger partial charge in [-0.25, -0.2) is 18.1 Å². The first-order valence-corrected chi connectivity index (χ1v) is 8.52. The van der Waals surface area contributed by atoms with Crippen LogP contribution in [0.25, 0.3) is 0 Å². The van der Waals surface area contributed by atoms with Crippen LogP contribution in [-0.2, 0) is 23.1 Å². The molecule has 0 aromatic carbocycles. The van der Waals surface area contributed by atoms with Crippen molar-refractivity contribution >= 4 is 21.4 Å². The zero-order valence-electron chi connectivity index (χ0n) is 11.5. The van der Waals surface area contributed by atoms with Crippen LogP contribution in [0.4, 0.5) is 0 Å². The second-order valence-electron chi connectivity index (χ2n) is 4.36. The number of rotatable bonds is 7. The summed E-state index contributed by atoms with van der Waals surface area (Å²) in [7, 11) is -1.60. The SMILES string of the molecule is CNCc1cc(S(=O)(=O)NCCn2ccnc2)c(C)s1. The zero-order chi connectivity index (χ0) is 14.6. The van der Waals surface area contributed by atoms with E-state index in [1.165, 1.54) is 11.3 Å². The van der Waals surface area contributed by atoms with Gasteiger partial charge in [-0.2, -0.15) is 0 Å². The van der Waals surface area contributed by atoms with Crippen LogP contribution in [0.1, 0.15) is 9.75 Å². The van der Waals surface area contributed by atoms with Crippen molar-refractivity contribution in [3.63, 3.8) is 0 Å². The molecule has 6 nitrogen and oxygen atoms in total. The first-order valence-electron chi connectivity index (χ1n) is 6.22. The highest BCUT2D eigenvalue weighted by atomic mass is 32.2. The van der Waals surface area contributed by atoms with Crippen molar-refractivity contribution in [3.05, 3.63) is 34.5 Å². The Balaban J connectivity index is 2.02. The van der Waals surface area contributed by atoms with Gasteiger partial charge in [-0.1, -0.05) is 0 Å². The van der Waals surface area contributed by atoms with Gasteiger partial charge < -0.3 is 9.88 Å². The minimum atomic E-state index is -3.44. The van der Waals surface area contributed by atoms with Crippen LogP contribution in [0.15, 0.2) is 29.7 Å². The van der Waals surface area contributed by atoms with Crippen molar-refractivity contribution in [1.29, 1.82) is 0 Å². The molecule has 20 heavy (non-hydrogen) atoms. The van der Waals surface area contributed by atoms with E-state index in [4.69, 9.17) is 0 Å². The lowest BCUT2D eigenvalue weighted by atomic mass is 10.4. The van der Waals surface area contributed by atoms with E-state index in [1.54, 1.807) is 24.8 Å². The number of sulfonamides is 1. The van der Waals surface area contributed by atoms with Gasteiger partial charge in [-0.15, -0.1) is 11.3 Å². The minimum absolute atomic E-state index is 0.343. The van der Waals surface area contributed by atoms with Crippen LogP contribution in [0, 0.1) is 6.92 Å². The molecule has 8 heteroatoms. The number of nitrogens with one attached hydrogen (secondary N) is 2. The molecule has 0 amide bonds. The second-order valence-corrected chi connectivity index (χ2v) is 7.44. The van der Waals surface area contributed by atoms with E-state index in [2.05, 4.69) is 15.0 Å². The third-order valence-electron chi connectivity index (χ3n) is 2.79. The summed E-state index contributed by atoms with van der Waals surface area (Å²) in [5.74, 6) is 0. The molecule has 2 heterocycles. The summed E-state index contributed by atoms with van der Waals surface area (Å²) < 4.78 is 28.9. The molecular formula is C12H18N4O2S2. The Hall–Kier alpha value is -1.22. The predicted octanol–water partition coefficient (Wildman–Crippen LogP) is 0.951. The number of imidazole rings is 1. The third-order valence-corrected chi connectivity index (χ3v) is 5.55. The maximum atomic E-state index is 12.2. The fraction of sp³-hybridized carbons (Fsp3) is 0.417. The molecule has 0 saturated carbocycles. The summed E-state index contributed by atoms with van der Waals surface area (Å²) in [5, 5.41) is 3.02. The molecule has 0 aliphatic heterocycles. The molecule has 0 unspecified atom stereocenters. The van der Waals surface area contributed by atoms with Crippen molar-refractivity contribution in [3.8, 4) is 0 Å². The summed E-state index contributed by atoms with van der Waals surface area (Å²) >= 11 is 1.50. The van der Waals surface area contributed by atoms with Crippen molar-refractivity contribution in [2.75, 3.05) is 13.6 Å². The minimum Gasteiger partial charge on any atom is -0.336 e. The Morgan fingerprint density at radius 3 is 2.90 bits per heavy atom. The van der Waals surface area contributed by atoms with Crippen molar-refractivity contribution in [2.45, 2.75) is 24.9 Å². The summed E-state index contributed by atoms with van der Waals surface area (Å²) in [6, 6.07) is 1.73. The van der Waals surface area contributed by atoms with Crippen LogP contribution >= 0.6 is 11.3 Å². The van der Waals surface area contributed by atoms with Crippen LogP contribution in [0.3, 0.4) is 0 Å². The maximum Gasteiger partial charge on any atom is 0.241 e. The predicted molar refractivity (Wildman–Crippen MR) is 79.2 cm³/mol. The fourth-order valence-corrected chi connectivity index (χ4v) is 4.52. The quantitative estimate of drug-likeness (QED) is 0.798. The Morgan fingerprint density at radius 2 is 2.25 bits per heavy atom. The monoisotopic (exact) mass is 314 g/mol. The molecular weight excluding hydrogens is 296 g/mol. The highest BCUT2D eigenvalue weighted by Crippen LogP contribution is 2.25. The molecule has 0 bridgehead atoms. The van der Waals surface area contributed by atoms with Gasteiger partial charge in [0, 0.05) is 41.8 Å². The van der Waals surface area contributed by atoms with Crippen molar-refractivity contribution < 1.29 is 8.42 Å². The maximum absolute atomic E-state index is 12.2. The molecule has 2 N–H and O–H groups in total. The largest absolute Gasteiger partial charge is 0.336 e. The summed E-state index contributed by atoms with van der Waals surface area (Å²) in [6.45, 7) is 3.41. The Bertz CT molecular complexity index is 647. The second kappa shape index (κ2) is 6.49. The molecule has 0 aliphatic rings. The smallest absolute Gasteiger partial charge is 0.241 e. The molecule has 2 rings (SSSR count). The molecule has 2 aromatic heterocycles. The Labute approximate surface area is 122 Å². The van der Waals surface area contributed by atoms with Crippen LogP contribution in [0.2, 0.25) is 0 Å². The van der Waals surface area contributed by atoms with Gasteiger partial charge >= 0.3 is 0 Å². The van der Waals surface area contributed by atoms with E-state index in [9.17, 15) is 8.42 Å². The molecule has 0 fully saturated rings. The normalized spacial score (nSPS) is 11.9. The highest BCUT2D eigenvalue weighted by Gasteiger charge is 2.19. The number of aryl methyl sites for hydroxylation is 1. The standard InChI is InChI=1S/C12H18N4O2S2/c1-10-12(7-11(19-10)8-13-2)20(17,18)15-4-6-16-5-3-14-9-16/h3,5,7,9,13,15H,4,6,8H2,1-2H3. The number of nitrogens with zero attached hydrogens (tertiary/aromatic N) is 2. The molecule has 0 spiro atoms. The Kier molecular flexibility index (Phi) is 4.92. The Morgan fingerprint density at radius 1 is 1.45 bits per heavy atom. The van der Waals surface area contributed by atoms with Gasteiger partial charge in [0.1, 0.15) is 0 Å². The lowest BCUT2D eigenvalue weighted by molar-refractivity contribution is 0.572. The van der Waals surface area contributed by atoms with Gasteiger partial charge in [0.05, 0.1) is 11.2 Å². The first kappa shape index (κ1) is 15.2. The van der Waals surface area contributed by atoms with E-state index in [0.29, 0.717) is 24.5 Å². The summed E-state index contributed by atoms with van der Waals surface area (Å²) in [5.41, 5.74) is 0. The van der Waals surface area contributed by atoms with Crippen molar-refractivity contribution in [1.82, 2.24) is 19.6 Å². The number of thiophene rings is 1. The number of hydrogen-bond donors (Lipinski definition) is 2. The van der Waals surface area contributed by atoms with E-state index < -0.39 is 10.0 Å². The zero-order valence-corrected chi connectivity index (χ0v) is 13.1. The third kappa shape index (κ3) is 3.66. The van der Waals surface area contributed by atoms with E-state index in [1.807, 2.05) is 18.5 Å². The lowest BCUT2D eigenvalue weighted by Gasteiger charge is -2.06. The van der Waals surface area contributed by atoms with Gasteiger partial charge in [0.25, 0.3) is 0 Å². The average molecular weight is 314 g/mol. The molecule has 2 aromatic rings. The van der Waals surface area contributed by atoms with Crippen molar-refractivity contribution in [2.24, 2.45) is 0 Å². The topological polar surface area (TPSA) is 76.0 Å². The first-order chi connectivity index (χ1) is 9.53. The molecule has 0 radical (unpaired) electrons. The number of hydrogen-bond acceptors (Lipinski definition) is 5. The molecule has 0 saturated heterocycles. The highest BCUT2D eigenvalue weighted by molar-refractivity contribution is 7.89. The van der Waals surface area contributed by atoms with E-state index in [0.717, 1.165) is 9.75 Å². The van der Waals surface area contributed by atoms with Gasteiger partial charge in [-0.3, -0.25) is 0 Å². The average Bonchev–Trinajstić information content (AvgIpc) is 2.99. The summed E-state index contributed by atoms with van der Waals surface area (Å²) in [6.07, 6.45) is 5.13. The lowest BCUT2D eigenvalue weighted by Crippen LogP contribution is -2.27. The molecule has 0 aliphatic carbocycles. The molecule has 0 atom stereocenters. The van der Waals surface area contributed by atoms with Crippen LogP contribution < -0.4 is 10.0 Å². The van der Waals surface area contributed by atoms with Gasteiger partial charge in [-0.05, 0) is 20.0 Å². The van der Waals surface area contributed by atoms with E-state index >= 15 is 0 Å². The summed E-state index contributed by atoms with van der Waals surface area (Å²) in [4.78, 5) is 6.11. The van der Waals surface area contributed by atoms with Gasteiger partial charge in [0.15, 0.2) is 0 Å². The van der Waals surface area contributed by atoms with Crippen LogP contribution in [0.5, 0.6) is 0 Å². The molecule has 110 valence electrons.